The van der Waals surface area contributed by atoms with Crippen LogP contribution in [0, 0.1) is 0 Å². The largest absolute Gasteiger partial charge is 0.480 e. The van der Waals surface area contributed by atoms with E-state index in [1.54, 1.807) is 23.1 Å². The number of carboxylic acid groups (broad SMARTS) is 1. The molecule has 1 aromatic rings. The van der Waals surface area contributed by atoms with Gasteiger partial charge >= 0.3 is 5.97 Å². The predicted molar refractivity (Wildman–Crippen MR) is 63.3 cm³/mol. The molecule has 0 aromatic carbocycles. The smallest absolute Gasteiger partial charge is 0.322 e. The van der Waals surface area contributed by atoms with E-state index in [-0.39, 0.29) is 10.1 Å². The fourth-order valence-electron chi connectivity index (χ4n) is 1.71. The van der Waals surface area contributed by atoms with Crippen molar-refractivity contribution in [3.05, 3.63) is 22.4 Å². The molecule has 1 aliphatic rings. The highest BCUT2D eigenvalue weighted by Gasteiger charge is 2.45. The van der Waals surface area contributed by atoms with Gasteiger partial charge in [0.05, 0.1) is 5.37 Å². The number of carboxylic acids is 1. The fraction of sp³-hybridized carbons (Fsp3) is 0.500. The number of aliphatic carboxylic acids is 1. The summed E-state index contributed by atoms with van der Waals surface area (Å²) >= 11 is 3.31. The first kappa shape index (κ1) is 11.0. The minimum absolute atomic E-state index is 0.104. The molecule has 0 unspecified atom stereocenters. The van der Waals surface area contributed by atoms with Gasteiger partial charge in [-0.2, -0.15) is 11.3 Å². The molecular formula is C10H13NO2S2. The Kier molecular flexibility index (Phi) is 2.79. The lowest BCUT2D eigenvalue weighted by atomic mass is 10.0. The highest BCUT2D eigenvalue weighted by molar-refractivity contribution is 8.01. The molecule has 2 heterocycles. The van der Waals surface area contributed by atoms with Crippen LogP contribution in [0.15, 0.2) is 16.8 Å². The van der Waals surface area contributed by atoms with Crippen molar-refractivity contribution in [3.63, 3.8) is 0 Å². The van der Waals surface area contributed by atoms with Gasteiger partial charge in [-0.1, -0.05) is 0 Å². The number of thioether (sulfide) groups is 1. The summed E-state index contributed by atoms with van der Waals surface area (Å²) in [5.74, 6) is -0.773. The highest BCUT2D eigenvalue weighted by Crippen LogP contribution is 2.45. The lowest BCUT2D eigenvalue weighted by Gasteiger charge is -2.20. The number of rotatable bonds is 2. The second kappa shape index (κ2) is 3.81. The Bertz CT molecular complexity index is 362. The standard InChI is InChI=1S/C10H13NO2S2/c1-10(2)7(9(12)13)11-8(15-10)6-3-4-14-5-6/h3-5,7-8,11H,1-2H3,(H,12,13)/t7-,8+/m0/s1. The molecule has 0 saturated carbocycles. The van der Waals surface area contributed by atoms with Crippen molar-refractivity contribution < 1.29 is 9.90 Å². The minimum Gasteiger partial charge on any atom is -0.480 e. The van der Waals surface area contributed by atoms with Crippen molar-refractivity contribution in [1.29, 1.82) is 0 Å². The molecule has 0 aliphatic carbocycles. The lowest BCUT2D eigenvalue weighted by Crippen LogP contribution is -2.43. The average molecular weight is 243 g/mol. The highest BCUT2D eigenvalue weighted by atomic mass is 32.2. The number of nitrogens with one attached hydrogen (secondary N) is 1. The second-order valence-electron chi connectivity index (χ2n) is 4.10. The summed E-state index contributed by atoms with van der Waals surface area (Å²) < 4.78 is -0.265. The van der Waals surface area contributed by atoms with E-state index < -0.39 is 12.0 Å². The predicted octanol–water partition coefficient (Wildman–Crippen LogP) is 2.31. The fourth-order valence-corrected chi connectivity index (χ4v) is 3.89. The average Bonchev–Trinajstić information content (AvgIpc) is 2.69. The van der Waals surface area contributed by atoms with E-state index in [4.69, 9.17) is 5.11 Å². The molecule has 1 saturated heterocycles. The Morgan fingerprint density at radius 3 is 2.80 bits per heavy atom. The van der Waals surface area contributed by atoms with E-state index in [1.807, 2.05) is 25.3 Å². The van der Waals surface area contributed by atoms with E-state index in [9.17, 15) is 4.79 Å². The molecule has 1 fully saturated rings. The van der Waals surface area contributed by atoms with Crippen LogP contribution in [0.1, 0.15) is 24.8 Å². The maximum atomic E-state index is 11.1. The zero-order valence-corrected chi connectivity index (χ0v) is 10.2. The summed E-state index contributed by atoms with van der Waals surface area (Å²) in [6, 6.07) is 1.56. The van der Waals surface area contributed by atoms with Gasteiger partial charge in [-0.3, -0.25) is 10.1 Å². The van der Waals surface area contributed by atoms with Crippen molar-refractivity contribution in [2.24, 2.45) is 0 Å². The van der Waals surface area contributed by atoms with Gasteiger partial charge in [-0.15, -0.1) is 11.8 Å². The first-order valence-corrected chi connectivity index (χ1v) is 6.52. The van der Waals surface area contributed by atoms with Gasteiger partial charge in [0.15, 0.2) is 0 Å². The zero-order chi connectivity index (χ0) is 11.1. The van der Waals surface area contributed by atoms with E-state index >= 15 is 0 Å². The summed E-state index contributed by atoms with van der Waals surface area (Å²) in [4.78, 5) is 11.1. The SMILES string of the molecule is CC1(C)S[C@H](c2ccsc2)N[C@H]1C(=O)O. The van der Waals surface area contributed by atoms with Crippen LogP contribution in [0.25, 0.3) is 0 Å². The van der Waals surface area contributed by atoms with Gasteiger partial charge < -0.3 is 5.11 Å². The van der Waals surface area contributed by atoms with E-state index in [1.165, 1.54) is 5.56 Å². The van der Waals surface area contributed by atoms with Crippen molar-refractivity contribution in [2.75, 3.05) is 0 Å². The molecular weight excluding hydrogens is 230 g/mol. The summed E-state index contributed by atoms with van der Waals surface area (Å²) in [6.07, 6.45) is 0. The quantitative estimate of drug-likeness (QED) is 0.837. The van der Waals surface area contributed by atoms with Gasteiger partial charge in [-0.05, 0) is 36.2 Å². The van der Waals surface area contributed by atoms with E-state index in [0.717, 1.165) is 0 Å². The normalized spacial score (nSPS) is 29.2. The maximum absolute atomic E-state index is 11.1. The molecule has 0 bridgehead atoms. The van der Waals surface area contributed by atoms with Crippen LogP contribution < -0.4 is 5.32 Å². The Labute approximate surface area is 96.9 Å². The first-order chi connectivity index (χ1) is 7.00. The zero-order valence-electron chi connectivity index (χ0n) is 8.56. The molecule has 0 spiro atoms. The lowest BCUT2D eigenvalue weighted by molar-refractivity contribution is -0.139. The Hall–Kier alpha value is -0.520. The van der Waals surface area contributed by atoms with Crippen LogP contribution in [0.4, 0.5) is 0 Å². The summed E-state index contributed by atoms with van der Waals surface area (Å²) in [5.41, 5.74) is 1.17. The molecule has 2 rings (SSSR count). The maximum Gasteiger partial charge on any atom is 0.322 e. The van der Waals surface area contributed by atoms with E-state index in [2.05, 4.69) is 10.7 Å². The van der Waals surface area contributed by atoms with Crippen LogP contribution in [0.3, 0.4) is 0 Å². The van der Waals surface area contributed by atoms with Crippen molar-refractivity contribution in [1.82, 2.24) is 5.32 Å². The monoisotopic (exact) mass is 243 g/mol. The van der Waals surface area contributed by atoms with E-state index in [0.29, 0.717) is 0 Å². The van der Waals surface area contributed by atoms with Gasteiger partial charge in [0, 0.05) is 4.75 Å². The summed E-state index contributed by atoms with van der Waals surface area (Å²) in [7, 11) is 0. The van der Waals surface area contributed by atoms with Crippen LogP contribution in [-0.2, 0) is 4.79 Å². The number of thiophene rings is 1. The summed E-state index contributed by atoms with van der Waals surface area (Å²) in [6.45, 7) is 3.94. The van der Waals surface area contributed by atoms with Gasteiger partial charge in [-0.25, -0.2) is 0 Å². The van der Waals surface area contributed by atoms with Crippen molar-refractivity contribution in [3.8, 4) is 0 Å². The molecule has 2 atom stereocenters. The number of hydrogen-bond donors (Lipinski definition) is 2. The van der Waals surface area contributed by atoms with Crippen LogP contribution in [0.2, 0.25) is 0 Å². The molecule has 5 heteroatoms. The Morgan fingerprint density at radius 2 is 2.33 bits per heavy atom. The third kappa shape index (κ3) is 2.04. The molecule has 15 heavy (non-hydrogen) atoms. The second-order valence-corrected chi connectivity index (χ2v) is 6.64. The topological polar surface area (TPSA) is 49.3 Å². The molecule has 0 radical (unpaired) electrons. The molecule has 2 N–H and O–H groups in total. The molecule has 3 nitrogen and oxygen atoms in total. The molecule has 1 aliphatic heterocycles. The van der Waals surface area contributed by atoms with Crippen LogP contribution in [0.5, 0.6) is 0 Å². The third-order valence-electron chi connectivity index (χ3n) is 2.53. The van der Waals surface area contributed by atoms with Gasteiger partial charge in [0.25, 0.3) is 0 Å². The van der Waals surface area contributed by atoms with Crippen LogP contribution >= 0.6 is 23.1 Å². The molecule has 0 amide bonds. The van der Waals surface area contributed by atoms with Crippen molar-refractivity contribution in [2.45, 2.75) is 30.0 Å². The Morgan fingerprint density at radius 1 is 1.60 bits per heavy atom. The van der Waals surface area contributed by atoms with Gasteiger partial charge in [0.2, 0.25) is 0 Å². The molecule has 82 valence electrons. The minimum atomic E-state index is -0.773. The molecule has 1 aromatic heterocycles. The summed E-state index contributed by atoms with van der Waals surface area (Å²) in [5, 5.41) is 16.4. The number of hydrogen-bond acceptors (Lipinski definition) is 4. The first-order valence-electron chi connectivity index (χ1n) is 4.69. The number of carbonyl (C=O) groups is 1. The third-order valence-corrected chi connectivity index (χ3v) is 4.72. The Balaban J connectivity index is 2.19. The van der Waals surface area contributed by atoms with Gasteiger partial charge in [0.1, 0.15) is 6.04 Å². The van der Waals surface area contributed by atoms with Crippen LogP contribution in [-0.4, -0.2) is 21.9 Å². The van der Waals surface area contributed by atoms with Crippen molar-refractivity contribution >= 4 is 29.1 Å².